The van der Waals surface area contributed by atoms with Crippen LogP contribution in [-0.4, -0.2) is 16.1 Å². The Morgan fingerprint density at radius 1 is 1.31 bits per heavy atom. The smallest absolute Gasteiger partial charge is 0.392 e. The number of aromatic carboxylic acids is 1. The van der Waals surface area contributed by atoms with Crippen LogP contribution in [0.25, 0.3) is 11.3 Å². The molecule has 82 valence electrons. The fourth-order valence-corrected chi connectivity index (χ4v) is 1.22. The molecule has 1 heterocycles. The third-order valence-corrected chi connectivity index (χ3v) is 1.90. The van der Waals surface area contributed by atoms with E-state index < -0.39 is 29.1 Å². The van der Waals surface area contributed by atoms with Crippen LogP contribution < -0.4 is 0 Å². The van der Waals surface area contributed by atoms with Crippen molar-refractivity contribution in [2.45, 2.75) is 0 Å². The molecule has 0 atom stereocenters. The van der Waals surface area contributed by atoms with E-state index in [1.165, 1.54) is 6.07 Å². The molecule has 0 radical (unpaired) electrons. The summed E-state index contributed by atoms with van der Waals surface area (Å²) in [7, 11) is 0. The van der Waals surface area contributed by atoms with Crippen molar-refractivity contribution in [3.05, 3.63) is 41.9 Å². The van der Waals surface area contributed by atoms with Gasteiger partial charge in [0.2, 0.25) is 0 Å². The van der Waals surface area contributed by atoms with Gasteiger partial charge in [0, 0.05) is 0 Å². The van der Waals surface area contributed by atoms with Crippen LogP contribution in [0, 0.1) is 11.6 Å². The molecule has 1 N–H and O–H groups in total. The average molecular weight is 225 g/mol. The van der Waals surface area contributed by atoms with Gasteiger partial charge in [0.1, 0.15) is 11.6 Å². The maximum atomic E-state index is 13.3. The lowest BCUT2D eigenvalue weighted by molar-refractivity contribution is 0.0654. The summed E-state index contributed by atoms with van der Waals surface area (Å²) in [6.45, 7) is 0. The minimum Gasteiger partial charge on any atom is -0.474 e. The van der Waals surface area contributed by atoms with E-state index in [1.54, 1.807) is 0 Å². The standard InChI is InChI=1S/C10H5F2NO3/c11-5-2-1-3-6(12)8(5)7-4-13-9(16-7)10(14)15/h1-4H,(H,14,15). The lowest BCUT2D eigenvalue weighted by atomic mass is 10.1. The lowest BCUT2D eigenvalue weighted by Gasteiger charge is -1.99. The minimum atomic E-state index is -1.40. The predicted octanol–water partition coefficient (Wildman–Crippen LogP) is 2.32. The fraction of sp³-hybridized carbons (Fsp3) is 0. The number of aromatic nitrogens is 1. The first kappa shape index (κ1) is 10.3. The second-order valence-corrected chi connectivity index (χ2v) is 2.93. The zero-order chi connectivity index (χ0) is 11.7. The molecule has 2 aromatic rings. The van der Waals surface area contributed by atoms with E-state index in [0.29, 0.717) is 0 Å². The molecule has 0 bridgehead atoms. The van der Waals surface area contributed by atoms with Crippen LogP contribution in [0.4, 0.5) is 8.78 Å². The number of halogens is 2. The van der Waals surface area contributed by atoms with Gasteiger partial charge >= 0.3 is 11.9 Å². The highest BCUT2D eigenvalue weighted by Gasteiger charge is 2.18. The van der Waals surface area contributed by atoms with Crippen LogP contribution in [0.5, 0.6) is 0 Å². The third kappa shape index (κ3) is 1.65. The summed E-state index contributed by atoms with van der Waals surface area (Å²) < 4.78 is 31.2. The van der Waals surface area contributed by atoms with Crippen LogP contribution in [0.15, 0.2) is 28.8 Å². The summed E-state index contributed by atoms with van der Waals surface area (Å²) in [4.78, 5) is 13.8. The van der Waals surface area contributed by atoms with E-state index in [2.05, 4.69) is 4.98 Å². The number of hydrogen-bond acceptors (Lipinski definition) is 3. The summed E-state index contributed by atoms with van der Waals surface area (Å²) >= 11 is 0. The molecule has 2 rings (SSSR count). The van der Waals surface area contributed by atoms with Crippen molar-refractivity contribution < 1.29 is 23.1 Å². The fourth-order valence-electron chi connectivity index (χ4n) is 1.22. The summed E-state index contributed by atoms with van der Waals surface area (Å²) in [5.41, 5.74) is -0.428. The molecule has 1 aromatic heterocycles. The third-order valence-electron chi connectivity index (χ3n) is 1.90. The van der Waals surface area contributed by atoms with Crippen molar-refractivity contribution >= 4 is 5.97 Å². The molecular formula is C10H5F2NO3. The highest BCUT2D eigenvalue weighted by molar-refractivity contribution is 5.82. The van der Waals surface area contributed by atoms with Gasteiger partial charge in [0.05, 0.1) is 11.8 Å². The second kappa shape index (κ2) is 3.73. The van der Waals surface area contributed by atoms with Crippen molar-refractivity contribution in [1.82, 2.24) is 4.98 Å². The van der Waals surface area contributed by atoms with Crippen LogP contribution >= 0.6 is 0 Å². The average Bonchev–Trinajstić information content (AvgIpc) is 2.66. The molecule has 0 fully saturated rings. The SMILES string of the molecule is O=C(O)c1ncc(-c2c(F)cccc2F)o1. The Bertz CT molecular complexity index is 530. The molecule has 0 amide bonds. The molecule has 6 heteroatoms. The minimum absolute atomic E-state index is 0.256. The summed E-state index contributed by atoms with van der Waals surface area (Å²) in [5.74, 6) is -3.95. The van der Waals surface area contributed by atoms with Gasteiger partial charge in [-0.15, -0.1) is 0 Å². The second-order valence-electron chi connectivity index (χ2n) is 2.93. The number of rotatable bonds is 2. The Labute approximate surface area is 88.2 Å². The maximum absolute atomic E-state index is 13.3. The molecule has 4 nitrogen and oxygen atoms in total. The van der Waals surface area contributed by atoms with E-state index in [-0.39, 0.29) is 5.76 Å². The summed E-state index contributed by atoms with van der Waals surface area (Å²) in [6.07, 6.45) is 0.963. The molecule has 0 aliphatic carbocycles. The van der Waals surface area contributed by atoms with Crippen molar-refractivity contribution in [2.24, 2.45) is 0 Å². The Hall–Kier alpha value is -2.24. The van der Waals surface area contributed by atoms with Crippen LogP contribution in [0.2, 0.25) is 0 Å². The van der Waals surface area contributed by atoms with Gasteiger partial charge in [-0.3, -0.25) is 0 Å². The first-order valence-electron chi connectivity index (χ1n) is 4.23. The lowest BCUT2D eigenvalue weighted by Crippen LogP contribution is -1.94. The number of oxazole rings is 1. The van der Waals surface area contributed by atoms with Gasteiger partial charge in [-0.25, -0.2) is 18.6 Å². The Morgan fingerprint density at radius 3 is 2.44 bits per heavy atom. The molecule has 0 spiro atoms. The van der Waals surface area contributed by atoms with E-state index in [1.807, 2.05) is 0 Å². The highest BCUT2D eigenvalue weighted by atomic mass is 19.1. The zero-order valence-corrected chi connectivity index (χ0v) is 7.78. The molecule has 0 aliphatic heterocycles. The first-order chi connectivity index (χ1) is 7.59. The van der Waals surface area contributed by atoms with Gasteiger partial charge < -0.3 is 9.52 Å². The van der Waals surface area contributed by atoms with Crippen LogP contribution in [0.1, 0.15) is 10.7 Å². The van der Waals surface area contributed by atoms with Crippen molar-refractivity contribution in [3.8, 4) is 11.3 Å². The number of carboxylic acid groups (broad SMARTS) is 1. The monoisotopic (exact) mass is 225 g/mol. The first-order valence-corrected chi connectivity index (χ1v) is 4.23. The van der Waals surface area contributed by atoms with Crippen molar-refractivity contribution in [1.29, 1.82) is 0 Å². The molecular weight excluding hydrogens is 220 g/mol. The molecule has 16 heavy (non-hydrogen) atoms. The van der Waals surface area contributed by atoms with Crippen LogP contribution in [-0.2, 0) is 0 Å². The van der Waals surface area contributed by atoms with Gasteiger partial charge in [-0.2, -0.15) is 0 Å². The summed E-state index contributed by atoms with van der Waals surface area (Å²) in [5, 5.41) is 8.54. The van der Waals surface area contributed by atoms with Gasteiger partial charge in [0.25, 0.3) is 0 Å². The van der Waals surface area contributed by atoms with E-state index >= 15 is 0 Å². The quantitative estimate of drug-likeness (QED) is 0.851. The molecule has 1 aromatic carbocycles. The van der Waals surface area contributed by atoms with E-state index in [0.717, 1.165) is 18.3 Å². The van der Waals surface area contributed by atoms with Crippen molar-refractivity contribution in [2.75, 3.05) is 0 Å². The largest absolute Gasteiger partial charge is 0.474 e. The Balaban J connectivity index is 2.54. The predicted molar refractivity (Wildman–Crippen MR) is 48.8 cm³/mol. The number of hydrogen-bond donors (Lipinski definition) is 1. The molecule has 0 saturated heterocycles. The van der Waals surface area contributed by atoms with E-state index in [4.69, 9.17) is 9.52 Å². The number of carbonyl (C=O) groups is 1. The van der Waals surface area contributed by atoms with Gasteiger partial charge in [-0.1, -0.05) is 6.07 Å². The Kier molecular flexibility index (Phi) is 2.40. The normalized spacial score (nSPS) is 10.4. The number of nitrogens with zero attached hydrogens (tertiary/aromatic N) is 1. The number of carboxylic acids is 1. The van der Waals surface area contributed by atoms with Crippen molar-refractivity contribution in [3.63, 3.8) is 0 Å². The molecule has 0 aliphatic rings. The Morgan fingerprint density at radius 2 is 1.94 bits per heavy atom. The molecule has 0 unspecified atom stereocenters. The summed E-state index contributed by atoms with van der Waals surface area (Å²) in [6, 6.07) is 3.28. The zero-order valence-electron chi connectivity index (χ0n) is 7.78. The highest BCUT2D eigenvalue weighted by Crippen LogP contribution is 2.26. The van der Waals surface area contributed by atoms with E-state index in [9.17, 15) is 13.6 Å². The molecule has 0 saturated carbocycles. The topological polar surface area (TPSA) is 63.3 Å². The van der Waals surface area contributed by atoms with Gasteiger partial charge in [-0.05, 0) is 12.1 Å². The number of benzene rings is 1. The maximum Gasteiger partial charge on any atom is 0.392 e. The van der Waals surface area contributed by atoms with Gasteiger partial charge in [0.15, 0.2) is 5.76 Å². The van der Waals surface area contributed by atoms with Crippen LogP contribution in [0.3, 0.4) is 0 Å².